The molecule has 6 nitrogen and oxygen atoms in total. The summed E-state index contributed by atoms with van der Waals surface area (Å²) in [6, 6.07) is 1.86. The molecule has 1 aromatic rings. The standard InChI is InChI=1S/C13H17Cl2N3O3/c1-4-17(5-2)13(19)8(3)16-12-10(14)6-9(18(20)21)7-11(12)15/h6-8,16H,4-5H2,1-3H3. The minimum absolute atomic E-state index is 0.0921. The summed E-state index contributed by atoms with van der Waals surface area (Å²) < 4.78 is 0. The van der Waals surface area contributed by atoms with Crippen molar-refractivity contribution in [2.75, 3.05) is 18.4 Å². The lowest BCUT2D eigenvalue weighted by Gasteiger charge is -2.24. The monoisotopic (exact) mass is 333 g/mol. The fraction of sp³-hybridized carbons (Fsp3) is 0.462. The highest BCUT2D eigenvalue weighted by molar-refractivity contribution is 6.39. The molecule has 1 rings (SSSR count). The summed E-state index contributed by atoms with van der Waals surface area (Å²) in [5.41, 5.74) is 0.121. The Morgan fingerprint density at radius 3 is 2.19 bits per heavy atom. The number of hydrogen-bond acceptors (Lipinski definition) is 4. The SMILES string of the molecule is CCN(CC)C(=O)C(C)Nc1c(Cl)cc([N+](=O)[O-])cc1Cl. The highest BCUT2D eigenvalue weighted by Gasteiger charge is 2.21. The van der Waals surface area contributed by atoms with Crippen molar-refractivity contribution in [2.24, 2.45) is 0 Å². The normalized spacial score (nSPS) is 11.9. The van der Waals surface area contributed by atoms with E-state index in [1.54, 1.807) is 11.8 Å². The first kappa shape index (κ1) is 17.5. The highest BCUT2D eigenvalue weighted by atomic mass is 35.5. The van der Waals surface area contributed by atoms with Gasteiger partial charge in [0.15, 0.2) is 0 Å². The van der Waals surface area contributed by atoms with Gasteiger partial charge in [-0.1, -0.05) is 23.2 Å². The third-order valence-electron chi connectivity index (χ3n) is 3.04. The average Bonchev–Trinajstić information content (AvgIpc) is 2.43. The summed E-state index contributed by atoms with van der Waals surface area (Å²) in [4.78, 5) is 24.0. The van der Waals surface area contributed by atoms with Gasteiger partial charge in [0.25, 0.3) is 5.69 Å². The maximum absolute atomic E-state index is 12.2. The van der Waals surface area contributed by atoms with Gasteiger partial charge in [-0.3, -0.25) is 14.9 Å². The first-order chi connectivity index (χ1) is 9.81. The molecular formula is C13H17Cl2N3O3. The number of nitro groups is 1. The van der Waals surface area contributed by atoms with Crippen LogP contribution in [0, 0.1) is 10.1 Å². The number of nitrogens with one attached hydrogen (secondary N) is 1. The number of nitro benzene ring substituents is 1. The Morgan fingerprint density at radius 2 is 1.81 bits per heavy atom. The molecule has 1 amide bonds. The van der Waals surface area contributed by atoms with E-state index in [4.69, 9.17) is 23.2 Å². The number of carbonyl (C=O) groups is 1. The number of likely N-dealkylation sites (N-methyl/N-ethyl adjacent to an activating group) is 1. The van der Waals surface area contributed by atoms with Crippen LogP contribution < -0.4 is 5.32 Å². The van der Waals surface area contributed by atoms with E-state index in [1.165, 1.54) is 12.1 Å². The van der Waals surface area contributed by atoms with E-state index in [0.29, 0.717) is 18.8 Å². The van der Waals surface area contributed by atoms with E-state index in [9.17, 15) is 14.9 Å². The van der Waals surface area contributed by atoms with E-state index in [0.717, 1.165) is 0 Å². The lowest BCUT2D eigenvalue weighted by Crippen LogP contribution is -2.41. The topological polar surface area (TPSA) is 75.5 Å². The molecule has 0 aliphatic heterocycles. The summed E-state index contributed by atoms with van der Waals surface area (Å²) in [6.45, 7) is 6.67. The van der Waals surface area contributed by atoms with Crippen molar-refractivity contribution in [1.29, 1.82) is 0 Å². The first-order valence-corrected chi connectivity index (χ1v) is 7.26. The molecule has 1 unspecified atom stereocenters. The van der Waals surface area contributed by atoms with Crippen LogP contribution in [0.3, 0.4) is 0 Å². The molecule has 0 saturated heterocycles. The maximum atomic E-state index is 12.2. The van der Waals surface area contributed by atoms with Gasteiger partial charge in [-0.2, -0.15) is 0 Å². The number of amides is 1. The predicted molar refractivity (Wildman–Crippen MR) is 84.1 cm³/mol. The van der Waals surface area contributed by atoms with Crippen molar-refractivity contribution < 1.29 is 9.72 Å². The fourth-order valence-corrected chi connectivity index (χ4v) is 2.48. The van der Waals surface area contributed by atoms with Gasteiger partial charge < -0.3 is 10.2 Å². The number of carbonyl (C=O) groups excluding carboxylic acids is 1. The molecule has 21 heavy (non-hydrogen) atoms. The largest absolute Gasteiger partial charge is 0.371 e. The van der Waals surface area contributed by atoms with Crippen LogP contribution in [-0.2, 0) is 4.79 Å². The Labute approximate surface area is 133 Å². The Bertz CT molecular complexity index is 524. The molecule has 1 atom stereocenters. The van der Waals surface area contributed by atoms with E-state index in [2.05, 4.69) is 5.32 Å². The number of rotatable bonds is 6. The van der Waals surface area contributed by atoms with Crippen LogP contribution >= 0.6 is 23.2 Å². The smallest absolute Gasteiger partial charge is 0.272 e. The molecule has 1 aromatic carbocycles. The minimum Gasteiger partial charge on any atom is -0.371 e. The zero-order valence-electron chi connectivity index (χ0n) is 12.0. The van der Waals surface area contributed by atoms with E-state index < -0.39 is 11.0 Å². The highest BCUT2D eigenvalue weighted by Crippen LogP contribution is 2.35. The molecule has 0 heterocycles. The fourth-order valence-electron chi connectivity index (χ4n) is 1.89. The molecule has 8 heteroatoms. The summed E-state index contributed by atoms with van der Waals surface area (Å²) in [7, 11) is 0. The quantitative estimate of drug-likeness (QED) is 0.637. The summed E-state index contributed by atoms with van der Waals surface area (Å²) in [5.74, 6) is -0.0921. The molecule has 116 valence electrons. The molecular weight excluding hydrogens is 317 g/mol. The Kier molecular flexibility index (Phi) is 6.23. The number of anilines is 1. The van der Waals surface area contributed by atoms with Crippen LogP contribution in [0.5, 0.6) is 0 Å². The number of benzene rings is 1. The van der Waals surface area contributed by atoms with Gasteiger partial charge in [-0.15, -0.1) is 0 Å². The summed E-state index contributed by atoms with van der Waals surface area (Å²) in [6.07, 6.45) is 0. The number of hydrogen-bond donors (Lipinski definition) is 1. The molecule has 0 aromatic heterocycles. The number of non-ortho nitro benzene ring substituents is 1. The van der Waals surface area contributed by atoms with Gasteiger partial charge in [0, 0.05) is 25.2 Å². The summed E-state index contributed by atoms with van der Waals surface area (Å²) in [5, 5.41) is 13.8. The molecule has 0 spiro atoms. The third-order valence-corrected chi connectivity index (χ3v) is 3.64. The van der Waals surface area contributed by atoms with Gasteiger partial charge in [0.05, 0.1) is 20.7 Å². The molecule has 0 fully saturated rings. The molecule has 0 saturated carbocycles. The van der Waals surface area contributed by atoms with E-state index >= 15 is 0 Å². The van der Waals surface area contributed by atoms with Crippen molar-refractivity contribution in [3.8, 4) is 0 Å². The molecule has 0 aliphatic carbocycles. The third kappa shape index (κ3) is 4.22. The zero-order valence-corrected chi connectivity index (χ0v) is 13.5. The second-order valence-corrected chi connectivity index (χ2v) is 5.23. The van der Waals surface area contributed by atoms with E-state index in [1.807, 2.05) is 13.8 Å². The van der Waals surface area contributed by atoms with Crippen LogP contribution in [0.15, 0.2) is 12.1 Å². The van der Waals surface area contributed by atoms with Gasteiger partial charge in [0.1, 0.15) is 6.04 Å². The molecule has 0 bridgehead atoms. The lowest BCUT2D eigenvalue weighted by atomic mass is 10.2. The van der Waals surface area contributed by atoms with Crippen molar-refractivity contribution in [1.82, 2.24) is 4.90 Å². The predicted octanol–water partition coefficient (Wildman–Crippen LogP) is 3.57. The molecule has 0 aliphatic rings. The van der Waals surface area contributed by atoms with Gasteiger partial charge in [-0.05, 0) is 20.8 Å². The summed E-state index contributed by atoms with van der Waals surface area (Å²) >= 11 is 12.0. The van der Waals surface area contributed by atoms with Crippen LogP contribution in [-0.4, -0.2) is 34.9 Å². The Morgan fingerprint density at radius 1 is 1.33 bits per heavy atom. The van der Waals surface area contributed by atoms with Crippen molar-refractivity contribution >= 4 is 40.5 Å². The molecule has 0 radical (unpaired) electrons. The first-order valence-electron chi connectivity index (χ1n) is 6.50. The van der Waals surface area contributed by atoms with Gasteiger partial charge in [0.2, 0.25) is 5.91 Å². The lowest BCUT2D eigenvalue weighted by molar-refractivity contribution is -0.384. The van der Waals surface area contributed by atoms with Crippen LogP contribution in [0.2, 0.25) is 10.0 Å². The zero-order chi connectivity index (χ0) is 16.2. The number of halogens is 2. The Balaban J connectivity index is 2.98. The Hall–Kier alpha value is -1.53. The minimum atomic E-state index is -0.577. The van der Waals surface area contributed by atoms with E-state index in [-0.39, 0.29) is 21.6 Å². The molecule has 1 N–H and O–H groups in total. The number of nitrogens with zero attached hydrogens (tertiary/aromatic N) is 2. The van der Waals surface area contributed by atoms with Crippen molar-refractivity contribution in [3.63, 3.8) is 0 Å². The average molecular weight is 334 g/mol. The van der Waals surface area contributed by atoms with Crippen molar-refractivity contribution in [2.45, 2.75) is 26.8 Å². The van der Waals surface area contributed by atoms with Crippen LogP contribution in [0.4, 0.5) is 11.4 Å². The second kappa shape index (κ2) is 7.47. The maximum Gasteiger partial charge on any atom is 0.272 e. The second-order valence-electron chi connectivity index (χ2n) is 4.42. The van der Waals surface area contributed by atoms with Crippen LogP contribution in [0.1, 0.15) is 20.8 Å². The van der Waals surface area contributed by atoms with Crippen LogP contribution in [0.25, 0.3) is 0 Å². The van der Waals surface area contributed by atoms with Gasteiger partial charge >= 0.3 is 0 Å². The van der Waals surface area contributed by atoms with Crippen molar-refractivity contribution in [3.05, 3.63) is 32.3 Å². The van der Waals surface area contributed by atoms with Gasteiger partial charge in [-0.25, -0.2) is 0 Å².